The molecular weight excluding hydrogens is 577 g/mol. The topological polar surface area (TPSA) is 86.8 Å². The fraction of sp³-hybridized carbons (Fsp3) is 0.257. The predicted molar refractivity (Wildman–Crippen MR) is 171 cm³/mol. The molecule has 0 fully saturated rings. The third-order valence-electron chi connectivity index (χ3n) is 7.18. The van der Waals surface area contributed by atoms with Crippen LogP contribution in [0.3, 0.4) is 0 Å². The monoisotopic (exact) mass is 615 g/mol. The highest BCUT2D eigenvalue weighted by Crippen LogP contribution is 2.26. The molecule has 44 heavy (non-hydrogen) atoms. The molecule has 0 aliphatic rings. The molecule has 0 aromatic heterocycles. The molecule has 230 valence electrons. The summed E-state index contributed by atoms with van der Waals surface area (Å²) in [4.78, 5) is 29.5. The minimum absolute atomic E-state index is 0.0105. The lowest BCUT2D eigenvalue weighted by Gasteiger charge is -2.34. The van der Waals surface area contributed by atoms with Gasteiger partial charge in [0.05, 0.1) is 10.6 Å². The summed E-state index contributed by atoms with van der Waals surface area (Å²) >= 11 is 0. The number of sulfonamides is 1. The second kappa shape index (κ2) is 14.3. The van der Waals surface area contributed by atoms with Crippen LogP contribution in [-0.4, -0.2) is 43.8 Å². The van der Waals surface area contributed by atoms with E-state index >= 15 is 0 Å². The number of hydrogen-bond donors (Lipinski definition) is 1. The van der Waals surface area contributed by atoms with Crippen molar-refractivity contribution in [2.24, 2.45) is 0 Å². The van der Waals surface area contributed by atoms with Crippen molar-refractivity contribution in [1.82, 2.24) is 10.2 Å². The van der Waals surface area contributed by atoms with Crippen molar-refractivity contribution in [2.75, 3.05) is 10.8 Å². The lowest BCUT2D eigenvalue weighted by atomic mass is 10.0. The number of benzene rings is 4. The minimum Gasteiger partial charge on any atom is -0.352 e. The van der Waals surface area contributed by atoms with Gasteiger partial charge in [-0.05, 0) is 75.2 Å². The molecule has 7 nitrogen and oxygen atoms in total. The van der Waals surface area contributed by atoms with Crippen molar-refractivity contribution >= 4 is 27.5 Å². The molecule has 4 aromatic carbocycles. The van der Waals surface area contributed by atoms with Crippen molar-refractivity contribution < 1.29 is 22.4 Å². The Morgan fingerprint density at radius 1 is 0.773 bits per heavy atom. The van der Waals surface area contributed by atoms with Crippen LogP contribution in [0.4, 0.5) is 10.1 Å². The molecule has 1 N–H and O–H groups in total. The number of halogens is 1. The number of hydrogen-bond acceptors (Lipinski definition) is 4. The van der Waals surface area contributed by atoms with Gasteiger partial charge >= 0.3 is 0 Å². The zero-order valence-electron chi connectivity index (χ0n) is 25.4. The molecule has 0 aliphatic carbocycles. The van der Waals surface area contributed by atoms with Gasteiger partial charge < -0.3 is 10.2 Å². The van der Waals surface area contributed by atoms with Crippen molar-refractivity contribution in [3.05, 3.63) is 131 Å². The van der Waals surface area contributed by atoms with Gasteiger partial charge in [-0.25, -0.2) is 12.8 Å². The van der Waals surface area contributed by atoms with E-state index < -0.39 is 34.3 Å². The number of amides is 2. The summed E-state index contributed by atoms with van der Waals surface area (Å²) in [6.45, 7) is 6.95. The summed E-state index contributed by atoms with van der Waals surface area (Å²) in [5.41, 5.74) is 3.67. The maximum absolute atomic E-state index is 14.4. The minimum atomic E-state index is -4.25. The Morgan fingerprint density at radius 3 is 1.91 bits per heavy atom. The third-order valence-corrected chi connectivity index (χ3v) is 8.97. The van der Waals surface area contributed by atoms with E-state index in [2.05, 4.69) is 5.32 Å². The molecule has 0 radical (unpaired) electrons. The first-order chi connectivity index (χ1) is 20.9. The van der Waals surface area contributed by atoms with Gasteiger partial charge in [0.25, 0.3) is 10.0 Å². The summed E-state index contributed by atoms with van der Waals surface area (Å²) in [5, 5.41) is 2.94. The quantitative estimate of drug-likeness (QED) is 0.218. The first-order valence-corrected chi connectivity index (χ1v) is 15.9. The Labute approximate surface area is 259 Å². The van der Waals surface area contributed by atoms with Crippen LogP contribution in [0.2, 0.25) is 0 Å². The van der Waals surface area contributed by atoms with E-state index in [0.717, 1.165) is 38.7 Å². The van der Waals surface area contributed by atoms with E-state index in [0.29, 0.717) is 0 Å². The molecule has 0 spiro atoms. The number of carbonyl (C=O) groups is 2. The summed E-state index contributed by atoms with van der Waals surface area (Å²) in [5.74, 6) is -1.47. The molecule has 0 bridgehead atoms. The summed E-state index contributed by atoms with van der Waals surface area (Å²) in [7, 11) is -4.25. The average molecular weight is 616 g/mol. The molecule has 9 heteroatoms. The maximum Gasteiger partial charge on any atom is 0.264 e. The second-order valence-corrected chi connectivity index (χ2v) is 13.0. The van der Waals surface area contributed by atoms with E-state index in [1.807, 2.05) is 82.3 Å². The van der Waals surface area contributed by atoms with Crippen LogP contribution in [0, 0.1) is 19.7 Å². The van der Waals surface area contributed by atoms with Crippen molar-refractivity contribution in [2.45, 2.75) is 57.6 Å². The number of anilines is 1. The highest BCUT2D eigenvalue weighted by Gasteiger charge is 2.34. The number of carbonyl (C=O) groups excluding carboxylic acids is 2. The van der Waals surface area contributed by atoms with Gasteiger partial charge in [-0.2, -0.15) is 0 Å². The van der Waals surface area contributed by atoms with Crippen molar-refractivity contribution in [3.8, 4) is 0 Å². The predicted octanol–water partition coefficient (Wildman–Crippen LogP) is 5.80. The van der Waals surface area contributed by atoms with E-state index in [4.69, 9.17) is 0 Å². The number of rotatable bonds is 12. The van der Waals surface area contributed by atoms with Gasteiger partial charge in [0.2, 0.25) is 11.8 Å². The molecule has 0 heterocycles. The highest BCUT2D eigenvalue weighted by atomic mass is 32.2. The summed E-state index contributed by atoms with van der Waals surface area (Å²) in [6.07, 6.45) is 0.220. The van der Waals surface area contributed by atoms with Crippen LogP contribution in [-0.2, 0) is 32.6 Å². The first kappa shape index (κ1) is 32.4. The van der Waals surface area contributed by atoms with Crippen LogP contribution < -0.4 is 9.62 Å². The Bertz CT molecular complexity index is 1660. The van der Waals surface area contributed by atoms with Crippen LogP contribution in [0.25, 0.3) is 0 Å². The zero-order chi connectivity index (χ0) is 31.9. The van der Waals surface area contributed by atoms with E-state index in [1.165, 1.54) is 29.2 Å². The lowest BCUT2D eigenvalue weighted by molar-refractivity contribution is -0.140. The Morgan fingerprint density at radius 2 is 1.34 bits per heavy atom. The second-order valence-electron chi connectivity index (χ2n) is 11.2. The fourth-order valence-corrected chi connectivity index (χ4v) is 6.21. The SMILES string of the molecule is Cc1ccc(CN(C(=O)CN(c2ccc(F)cc2)S(=O)(=O)c2ccc(C)cc2)[C@H](Cc2ccccc2)C(=O)NC(C)C)cc1. The fourth-order valence-electron chi connectivity index (χ4n) is 4.80. The van der Waals surface area contributed by atoms with Crippen molar-refractivity contribution in [1.29, 1.82) is 0 Å². The van der Waals surface area contributed by atoms with Gasteiger partial charge in [0, 0.05) is 19.0 Å². The van der Waals surface area contributed by atoms with Gasteiger partial charge in [-0.3, -0.25) is 13.9 Å². The average Bonchev–Trinajstić information content (AvgIpc) is 2.99. The maximum atomic E-state index is 14.4. The van der Waals surface area contributed by atoms with Crippen LogP contribution in [0.5, 0.6) is 0 Å². The van der Waals surface area contributed by atoms with Crippen LogP contribution in [0.15, 0.2) is 108 Å². The van der Waals surface area contributed by atoms with E-state index in [-0.39, 0.29) is 35.5 Å². The lowest BCUT2D eigenvalue weighted by Crippen LogP contribution is -2.54. The normalized spacial score (nSPS) is 12.0. The van der Waals surface area contributed by atoms with E-state index in [9.17, 15) is 22.4 Å². The van der Waals surface area contributed by atoms with Gasteiger partial charge in [0.1, 0.15) is 18.4 Å². The Kier molecular flexibility index (Phi) is 10.5. The van der Waals surface area contributed by atoms with E-state index in [1.54, 1.807) is 12.1 Å². The smallest absolute Gasteiger partial charge is 0.264 e. The van der Waals surface area contributed by atoms with Gasteiger partial charge in [-0.1, -0.05) is 77.9 Å². The molecule has 0 aliphatic heterocycles. The molecule has 0 saturated carbocycles. The molecule has 4 aromatic rings. The Balaban J connectivity index is 1.79. The molecule has 4 rings (SSSR count). The van der Waals surface area contributed by atoms with Gasteiger partial charge in [-0.15, -0.1) is 0 Å². The zero-order valence-corrected chi connectivity index (χ0v) is 26.2. The molecule has 1 atom stereocenters. The Hall–Kier alpha value is -4.50. The van der Waals surface area contributed by atoms with Crippen molar-refractivity contribution in [3.63, 3.8) is 0 Å². The number of nitrogens with zero attached hydrogens (tertiary/aromatic N) is 2. The molecule has 0 saturated heterocycles. The molecular formula is C35H38FN3O4S. The first-order valence-electron chi connectivity index (χ1n) is 14.5. The highest BCUT2D eigenvalue weighted by molar-refractivity contribution is 7.92. The molecule has 2 amide bonds. The number of nitrogens with one attached hydrogen (secondary N) is 1. The number of aryl methyl sites for hydroxylation is 2. The molecule has 0 unspecified atom stereocenters. The summed E-state index contributed by atoms with van der Waals surface area (Å²) < 4.78 is 42.9. The van der Waals surface area contributed by atoms with Gasteiger partial charge in [0.15, 0.2) is 0 Å². The third kappa shape index (κ3) is 8.32. The standard InChI is InChI=1S/C35H38FN3O4S/c1-25(2)37-35(41)33(22-28-8-6-5-7-9-28)38(23-29-14-10-26(3)11-15-29)34(40)24-39(31-18-16-30(36)17-19-31)44(42,43)32-20-12-27(4)13-21-32/h5-21,25,33H,22-24H2,1-4H3,(H,37,41)/t33-/m1/s1. The largest absolute Gasteiger partial charge is 0.352 e. The van der Waals surface area contributed by atoms with Crippen LogP contribution in [0.1, 0.15) is 36.1 Å². The summed E-state index contributed by atoms with van der Waals surface area (Å²) in [6, 6.07) is 27.1. The van der Waals surface area contributed by atoms with Crippen LogP contribution >= 0.6 is 0 Å².